The van der Waals surface area contributed by atoms with Crippen LogP contribution in [0.25, 0.3) is 0 Å². The van der Waals surface area contributed by atoms with Crippen molar-refractivity contribution in [3.05, 3.63) is 23.8 Å². The number of piperidine rings is 1. The first-order valence-electron chi connectivity index (χ1n) is 8.69. The molecule has 0 amide bonds. The van der Waals surface area contributed by atoms with Gasteiger partial charge in [0, 0.05) is 25.2 Å². The Morgan fingerprint density at radius 3 is 2.57 bits per heavy atom. The topological polar surface area (TPSA) is 38.8 Å². The average Bonchev–Trinajstić information content (AvgIpc) is 2.52. The zero-order valence-corrected chi connectivity index (χ0v) is 14.6. The molecule has 0 radical (unpaired) electrons. The third-order valence-corrected chi connectivity index (χ3v) is 4.22. The van der Waals surface area contributed by atoms with Crippen molar-refractivity contribution >= 4 is 6.29 Å². The highest BCUT2D eigenvalue weighted by molar-refractivity contribution is 5.76. The van der Waals surface area contributed by atoms with Crippen LogP contribution in [0.15, 0.2) is 18.2 Å². The second-order valence-corrected chi connectivity index (χ2v) is 6.66. The number of hydrogen-bond donors (Lipinski definition) is 0. The molecule has 0 unspecified atom stereocenters. The average molecular weight is 319 g/mol. The maximum Gasteiger partial charge on any atom is 0.161 e. The minimum atomic E-state index is 0.558. The Kier molecular flexibility index (Phi) is 6.90. The van der Waals surface area contributed by atoms with Gasteiger partial charge in [-0.15, -0.1) is 0 Å². The van der Waals surface area contributed by atoms with Crippen LogP contribution in [0.1, 0.15) is 44.0 Å². The van der Waals surface area contributed by atoms with Crippen LogP contribution in [0.2, 0.25) is 0 Å². The lowest BCUT2D eigenvalue weighted by molar-refractivity contribution is 0.112. The Hall–Kier alpha value is -1.55. The van der Waals surface area contributed by atoms with Crippen LogP contribution in [0, 0.1) is 11.8 Å². The fraction of sp³-hybridized carbons (Fsp3) is 0.632. The molecule has 0 bridgehead atoms. The van der Waals surface area contributed by atoms with Gasteiger partial charge in [0.2, 0.25) is 0 Å². The van der Waals surface area contributed by atoms with E-state index in [1.165, 1.54) is 19.5 Å². The Balaban J connectivity index is 1.80. The number of ether oxygens (including phenoxy) is 2. The van der Waals surface area contributed by atoms with Crippen molar-refractivity contribution in [1.82, 2.24) is 4.90 Å². The molecule has 0 N–H and O–H groups in total. The Labute approximate surface area is 139 Å². The van der Waals surface area contributed by atoms with Crippen molar-refractivity contribution in [3.63, 3.8) is 0 Å². The molecule has 1 fully saturated rings. The molecule has 0 saturated carbocycles. The van der Waals surface area contributed by atoms with Crippen LogP contribution >= 0.6 is 0 Å². The van der Waals surface area contributed by atoms with E-state index in [0.717, 1.165) is 36.8 Å². The molecule has 0 aromatic heterocycles. The lowest BCUT2D eigenvalue weighted by Gasteiger charge is -2.34. The largest absolute Gasteiger partial charge is 0.490 e. The number of rotatable bonds is 8. The number of carbonyl (C=O) groups excluding carboxylic acids is 1. The van der Waals surface area contributed by atoms with Crippen LogP contribution in [0.4, 0.5) is 0 Å². The number of aldehydes is 1. The second-order valence-electron chi connectivity index (χ2n) is 6.66. The van der Waals surface area contributed by atoms with E-state index >= 15 is 0 Å². The van der Waals surface area contributed by atoms with E-state index in [9.17, 15) is 4.79 Å². The van der Waals surface area contributed by atoms with Gasteiger partial charge in [-0.1, -0.05) is 13.8 Å². The molecule has 0 aliphatic carbocycles. The highest BCUT2D eigenvalue weighted by Crippen LogP contribution is 2.28. The van der Waals surface area contributed by atoms with E-state index < -0.39 is 0 Å². The summed E-state index contributed by atoms with van der Waals surface area (Å²) in [6.45, 7) is 11.3. The van der Waals surface area contributed by atoms with Gasteiger partial charge in [0.1, 0.15) is 6.29 Å². The van der Waals surface area contributed by atoms with Crippen molar-refractivity contribution in [1.29, 1.82) is 0 Å². The first-order valence-corrected chi connectivity index (χ1v) is 8.69. The van der Waals surface area contributed by atoms with Gasteiger partial charge in [-0.2, -0.15) is 0 Å². The zero-order valence-electron chi connectivity index (χ0n) is 14.6. The standard InChI is InChI=1S/C19H29NO3/c1-4-22-19-11-17(14-21)6-7-18(19)23-9-5-8-20-12-15(2)10-16(3)13-20/h6-7,11,14-16H,4-5,8-10,12-13H2,1-3H3/t15-,16-/m0/s1. The Morgan fingerprint density at radius 2 is 1.91 bits per heavy atom. The number of carbonyl (C=O) groups is 1. The smallest absolute Gasteiger partial charge is 0.161 e. The minimum Gasteiger partial charge on any atom is -0.490 e. The van der Waals surface area contributed by atoms with Crippen molar-refractivity contribution in [2.75, 3.05) is 32.8 Å². The fourth-order valence-corrected chi connectivity index (χ4v) is 3.43. The van der Waals surface area contributed by atoms with Crippen molar-refractivity contribution in [3.8, 4) is 11.5 Å². The first kappa shape index (κ1) is 17.8. The van der Waals surface area contributed by atoms with Gasteiger partial charge in [0.15, 0.2) is 11.5 Å². The number of benzene rings is 1. The van der Waals surface area contributed by atoms with Gasteiger partial charge in [-0.3, -0.25) is 4.79 Å². The predicted octanol–water partition coefficient (Wildman–Crippen LogP) is 3.64. The maximum absolute atomic E-state index is 10.9. The molecule has 1 aliphatic rings. The van der Waals surface area contributed by atoms with Gasteiger partial charge in [0.05, 0.1) is 13.2 Å². The van der Waals surface area contributed by atoms with E-state index in [-0.39, 0.29) is 0 Å². The monoisotopic (exact) mass is 319 g/mol. The molecule has 1 heterocycles. The summed E-state index contributed by atoms with van der Waals surface area (Å²) >= 11 is 0. The quantitative estimate of drug-likeness (QED) is 0.541. The highest BCUT2D eigenvalue weighted by Gasteiger charge is 2.21. The van der Waals surface area contributed by atoms with Gasteiger partial charge in [0.25, 0.3) is 0 Å². The van der Waals surface area contributed by atoms with E-state index in [2.05, 4.69) is 18.7 Å². The molecule has 23 heavy (non-hydrogen) atoms. The number of hydrogen-bond acceptors (Lipinski definition) is 4. The van der Waals surface area contributed by atoms with Crippen LogP contribution in [0.5, 0.6) is 11.5 Å². The third kappa shape index (κ3) is 5.54. The van der Waals surface area contributed by atoms with Crippen LogP contribution in [-0.4, -0.2) is 44.0 Å². The van der Waals surface area contributed by atoms with E-state index in [4.69, 9.17) is 9.47 Å². The molecular weight excluding hydrogens is 290 g/mol. The Bertz CT molecular complexity index is 493. The van der Waals surface area contributed by atoms with E-state index in [1.807, 2.05) is 13.0 Å². The van der Waals surface area contributed by atoms with Crippen LogP contribution in [-0.2, 0) is 0 Å². The van der Waals surface area contributed by atoms with Crippen molar-refractivity contribution < 1.29 is 14.3 Å². The summed E-state index contributed by atoms with van der Waals surface area (Å²) in [6.07, 6.45) is 3.17. The van der Waals surface area contributed by atoms with Gasteiger partial charge < -0.3 is 14.4 Å². The lowest BCUT2D eigenvalue weighted by atomic mass is 9.92. The summed E-state index contributed by atoms with van der Waals surface area (Å²) in [7, 11) is 0. The molecule has 2 rings (SSSR count). The normalized spacial score (nSPS) is 21.9. The molecule has 1 saturated heterocycles. The second kappa shape index (κ2) is 8.92. The summed E-state index contributed by atoms with van der Waals surface area (Å²) in [5, 5.41) is 0. The van der Waals surface area contributed by atoms with E-state index in [0.29, 0.717) is 24.5 Å². The summed E-state index contributed by atoms with van der Waals surface area (Å²) in [5.41, 5.74) is 0.608. The third-order valence-electron chi connectivity index (χ3n) is 4.22. The maximum atomic E-state index is 10.9. The number of nitrogens with zero attached hydrogens (tertiary/aromatic N) is 1. The molecular formula is C19H29NO3. The van der Waals surface area contributed by atoms with E-state index in [1.54, 1.807) is 12.1 Å². The lowest BCUT2D eigenvalue weighted by Crippen LogP contribution is -2.39. The summed E-state index contributed by atoms with van der Waals surface area (Å²) in [5.74, 6) is 2.95. The molecule has 0 spiro atoms. The molecule has 1 aliphatic heterocycles. The molecule has 1 aromatic carbocycles. The molecule has 1 aromatic rings. The van der Waals surface area contributed by atoms with Gasteiger partial charge in [-0.05, 0) is 49.8 Å². The van der Waals surface area contributed by atoms with Crippen molar-refractivity contribution in [2.24, 2.45) is 11.8 Å². The molecule has 2 atom stereocenters. The first-order chi connectivity index (χ1) is 11.1. The molecule has 128 valence electrons. The van der Waals surface area contributed by atoms with Gasteiger partial charge in [-0.25, -0.2) is 0 Å². The van der Waals surface area contributed by atoms with Gasteiger partial charge >= 0.3 is 0 Å². The number of likely N-dealkylation sites (tertiary alicyclic amines) is 1. The van der Waals surface area contributed by atoms with Crippen LogP contribution < -0.4 is 9.47 Å². The molecule has 4 heteroatoms. The van der Waals surface area contributed by atoms with Crippen LogP contribution in [0.3, 0.4) is 0 Å². The Morgan fingerprint density at radius 1 is 1.17 bits per heavy atom. The fourth-order valence-electron chi connectivity index (χ4n) is 3.43. The predicted molar refractivity (Wildman–Crippen MR) is 92.5 cm³/mol. The summed E-state index contributed by atoms with van der Waals surface area (Å²) in [4.78, 5) is 13.4. The summed E-state index contributed by atoms with van der Waals surface area (Å²) in [6, 6.07) is 5.32. The van der Waals surface area contributed by atoms with Crippen molar-refractivity contribution in [2.45, 2.75) is 33.6 Å². The minimum absolute atomic E-state index is 0.558. The SMILES string of the molecule is CCOc1cc(C=O)ccc1OCCCN1C[C@@H](C)C[C@H](C)C1. The highest BCUT2D eigenvalue weighted by atomic mass is 16.5. The zero-order chi connectivity index (χ0) is 16.7. The summed E-state index contributed by atoms with van der Waals surface area (Å²) < 4.78 is 11.4. The molecule has 4 nitrogen and oxygen atoms in total.